The molecule has 0 unspecified atom stereocenters. The molecule has 2 aromatic carbocycles. The van der Waals surface area contributed by atoms with Gasteiger partial charge in [-0.2, -0.15) is 15.2 Å². The Balaban J connectivity index is 1.05. The number of likely N-dealkylation sites (tertiary alicyclic amines) is 1. The first-order chi connectivity index (χ1) is 25.0. The van der Waals surface area contributed by atoms with Gasteiger partial charge in [0.15, 0.2) is 16.6 Å². The van der Waals surface area contributed by atoms with Gasteiger partial charge in [-0.05, 0) is 50.4 Å². The number of thiazole rings is 1. The fourth-order valence-electron chi connectivity index (χ4n) is 8.61. The van der Waals surface area contributed by atoms with Crippen molar-refractivity contribution in [3.63, 3.8) is 0 Å². The molecule has 5 aromatic rings. The SMILES string of the molecule is N#Cc1cn(C(=O)N2CC3(CCN(c4nc(OC[C@@]56CCCN5C[C@H](F)C6)nc5c(F)c(-c6ccc(F)c7sc(N)nc67)c(Cl)cc45)CC3)C2)cn1. The Kier molecular flexibility index (Phi) is 7.76. The normalized spacial score (nSPS) is 22.6. The molecule has 268 valence electrons. The Bertz CT molecular complexity index is 2310. The van der Waals surface area contributed by atoms with Crippen molar-refractivity contribution in [1.29, 1.82) is 5.26 Å². The summed E-state index contributed by atoms with van der Waals surface area (Å²) in [6.07, 6.45) is 5.39. The zero-order valence-corrected chi connectivity index (χ0v) is 29.4. The monoisotopic (exact) mass is 748 g/mol. The molecule has 3 aromatic heterocycles. The molecule has 0 bridgehead atoms. The quantitative estimate of drug-likeness (QED) is 0.227. The molecular weight excluding hydrogens is 717 g/mol. The molecule has 4 aliphatic rings. The maximum absolute atomic E-state index is 16.9. The van der Waals surface area contributed by atoms with E-state index in [0.29, 0.717) is 50.3 Å². The van der Waals surface area contributed by atoms with Gasteiger partial charge in [0.1, 0.15) is 42.3 Å². The summed E-state index contributed by atoms with van der Waals surface area (Å²) in [6.45, 7) is 3.56. The van der Waals surface area contributed by atoms with Gasteiger partial charge in [-0.15, -0.1) is 0 Å². The third kappa shape index (κ3) is 5.31. The molecule has 1 amide bonds. The molecule has 4 aliphatic heterocycles. The summed E-state index contributed by atoms with van der Waals surface area (Å²) >= 11 is 7.82. The Morgan fingerprint density at radius 3 is 2.71 bits per heavy atom. The smallest absolute Gasteiger partial charge is 0.329 e. The van der Waals surface area contributed by atoms with E-state index in [9.17, 15) is 13.6 Å². The number of ether oxygens (including phenoxy) is 1. The summed E-state index contributed by atoms with van der Waals surface area (Å²) in [4.78, 5) is 36.5. The van der Waals surface area contributed by atoms with E-state index in [2.05, 4.69) is 24.8 Å². The van der Waals surface area contributed by atoms with E-state index in [4.69, 9.17) is 32.3 Å². The van der Waals surface area contributed by atoms with E-state index >= 15 is 4.39 Å². The van der Waals surface area contributed by atoms with Crippen molar-refractivity contribution in [3.8, 4) is 23.2 Å². The molecule has 4 fully saturated rings. The number of hydrogen-bond acceptors (Lipinski definition) is 11. The zero-order chi connectivity index (χ0) is 35.9. The highest BCUT2D eigenvalue weighted by molar-refractivity contribution is 7.22. The minimum Gasteiger partial charge on any atom is -0.461 e. The number of halogens is 4. The maximum Gasteiger partial charge on any atom is 0.329 e. The number of rotatable bonds is 5. The van der Waals surface area contributed by atoms with Crippen molar-refractivity contribution in [2.45, 2.75) is 43.8 Å². The van der Waals surface area contributed by atoms with E-state index in [0.717, 1.165) is 43.6 Å². The van der Waals surface area contributed by atoms with Gasteiger partial charge in [-0.3, -0.25) is 9.47 Å². The van der Waals surface area contributed by atoms with E-state index in [1.54, 1.807) is 11.0 Å². The van der Waals surface area contributed by atoms with E-state index in [-0.39, 0.29) is 66.8 Å². The highest BCUT2D eigenvalue weighted by atomic mass is 35.5. The van der Waals surface area contributed by atoms with Crippen molar-refractivity contribution < 1.29 is 22.7 Å². The highest BCUT2D eigenvalue weighted by Gasteiger charge is 2.50. The number of alkyl halides is 1. The Morgan fingerprint density at radius 2 is 1.94 bits per heavy atom. The van der Waals surface area contributed by atoms with E-state index in [1.165, 1.54) is 29.2 Å². The van der Waals surface area contributed by atoms with Crippen LogP contribution in [0.2, 0.25) is 5.02 Å². The van der Waals surface area contributed by atoms with Crippen LogP contribution in [-0.4, -0.2) is 97.9 Å². The molecule has 17 heteroatoms. The molecule has 1 spiro atoms. The molecule has 52 heavy (non-hydrogen) atoms. The summed E-state index contributed by atoms with van der Waals surface area (Å²) in [7, 11) is 0. The molecule has 7 heterocycles. The van der Waals surface area contributed by atoms with Crippen LogP contribution in [-0.2, 0) is 0 Å². The number of nitrogen functional groups attached to an aromatic ring is 1. The van der Waals surface area contributed by atoms with Gasteiger partial charge < -0.3 is 20.3 Å². The Labute approximate surface area is 304 Å². The van der Waals surface area contributed by atoms with Crippen molar-refractivity contribution in [2.75, 3.05) is 56.5 Å². The topological polar surface area (TPSA) is 142 Å². The number of nitrogens with two attached hydrogens (primary N) is 1. The van der Waals surface area contributed by atoms with Crippen LogP contribution in [0.25, 0.3) is 32.2 Å². The van der Waals surface area contributed by atoms with Crippen LogP contribution in [0.1, 0.15) is 37.8 Å². The number of anilines is 2. The van der Waals surface area contributed by atoms with Gasteiger partial charge in [0.2, 0.25) is 0 Å². The summed E-state index contributed by atoms with van der Waals surface area (Å²) in [6, 6.07) is 5.96. The van der Waals surface area contributed by atoms with Gasteiger partial charge >= 0.3 is 12.0 Å². The number of nitrogens with zero attached hydrogens (tertiary/aromatic N) is 9. The standard InChI is InChI=1S/C35H32ClF3N10O2S/c36-23-10-22-27(26(39)25(23)21-2-3-24(38)29-28(21)43-31(41)52-29)44-32(51-17-35-4-1-7-49(35)13-19(37)11-35)45-30(22)46-8-5-34(6-9-46)15-48(16-34)33(50)47-14-20(12-40)42-18-47/h2-3,10,14,18-19H,1,4-9,11,13,15-17H2,(H2,41,43)/t19-,35+/m1/s1. The number of fused-ring (bicyclic) bond motifs is 3. The third-order valence-electron chi connectivity index (χ3n) is 11.2. The Morgan fingerprint density at radius 1 is 1.13 bits per heavy atom. The van der Waals surface area contributed by atoms with Crippen LogP contribution >= 0.6 is 22.9 Å². The predicted octanol–water partition coefficient (Wildman–Crippen LogP) is 6.01. The number of aromatic nitrogens is 5. The lowest BCUT2D eigenvalue weighted by atomic mass is 9.72. The zero-order valence-electron chi connectivity index (χ0n) is 27.8. The second-order valence-electron chi connectivity index (χ2n) is 14.4. The maximum atomic E-state index is 16.9. The van der Waals surface area contributed by atoms with Gasteiger partial charge in [0.05, 0.1) is 27.0 Å². The molecule has 12 nitrogen and oxygen atoms in total. The molecule has 0 aliphatic carbocycles. The lowest BCUT2D eigenvalue weighted by Gasteiger charge is -2.53. The van der Waals surface area contributed by atoms with Crippen molar-refractivity contribution in [2.24, 2.45) is 5.41 Å². The lowest BCUT2D eigenvalue weighted by Crippen LogP contribution is -2.62. The highest BCUT2D eigenvalue weighted by Crippen LogP contribution is 2.46. The van der Waals surface area contributed by atoms with Crippen LogP contribution in [0.5, 0.6) is 6.01 Å². The van der Waals surface area contributed by atoms with Crippen LogP contribution in [0.3, 0.4) is 0 Å². The van der Waals surface area contributed by atoms with Gasteiger partial charge in [0.25, 0.3) is 0 Å². The molecule has 0 radical (unpaired) electrons. The average Bonchev–Trinajstić information content (AvgIpc) is 3.90. The van der Waals surface area contributed by atoms with Crippen LogP contribution in [0.4, 0.5) is 28.9 Å². The van der Waals surface area contributed by atoms with Crippen molar-refractivity contribution in [1.82, 2.24) is 34.3 Å². The number of carbonyl (C=O) groups is 1. The fourth-order valence-corrected chi connectivity index (χ4v) is 9.67. The van der Waals surface area contributed by atoms with Crippen molar-refractivity contribution in [3.05, 3.63) is 53.1 Å². The number of benzene rings is 2. The molecule has 9 rings (SSSR count). The molecule has 0 saturated carbocycles. The second kappa shape index (κ2) is 12.2. The molecule has 4 saturated heterocycles. The van der Waals surface area contributed by atoms with E-state index in [1.807, 2.05) is 6.07 Å². The van der Waals surface area contributed by atoms with Crippen LogP contribution in [0.15, 0.2) is 30.7 Å². The van der Waals surface area contributed by atoms with Crippen LogP contribution in [0, 0.1) is 28.4 Å². The number of amides is 1. The minimum atomic E-state index is -0.945. The third-order valence-corrected chi connectivity index (χ3v) is 12.4. The van der Waals surface area contributed by atoms with Gasteiger partial charge in [-0.25, -0.2) is 27.9 Å². The Hall–Kier alpha value is -4.72. The summed E-state index contributed by atoms with van der Waals surface area (Å²) in [5.41, 5.74) is 6.00. The largest absolute Gasteiger partial charge is 0.461 e. The lowest BCUT2D eigenvalue weighted by molar-refractivity contribution is 0.0116. The molecular formula is C35H32ClF3N10O2S. The number of nitriles is 1. The van der Waals surface area contributed by atoms with Crippen molar-refractivity contribution >= 4 is 61.0 Å². The van der Waals surface area contributed by atoms with Gasteiger partial charge in [-0.1, -0.05) is 22.9 Å². The second-order valence-corrected chi connectivity index (χ2v) is 15.8. The number of piperidine rings is 1. The minimum absolute atomic E-state index is 0.00768. The summed E-state index contributed by atoms with van der Waals surface area (Å²) in [5.74, 6) is -0.804. The molecule has 2 N–H and O–H groups in total. The summed E-state index contributed by atoms with van der Waals surface area (Å²) < 4.78 is 54.0. The first-order valence-corrected chi connectivity index (χ1v) is 18.3. The van der Waals surface area contributed by atoms with Crippen LogP contribution < -0.4 is 15.4 Å². The molecule has 2 atom stereocenters. The summed E-state index contributed by atoms with van der Waals surface area (Å²) in [5, 5.41) is 9.67. The number of carbonyl (C=O) groups excluding carboxylic acids is 1. The number of hydrogen-bond donors (Lipinski definition) is 1. The fraction of sp³-hybridized carbons (Fsp3) is 0.429. The van der Waals surface area contributed by atoms with Gasteiger partial charge in [0, 0.05) is 61.1 Å². The predicted molar refractivity (Wildman–Crippen MR) is 189 cm³/mol. The average molecular weight is 749 g/mol. The van der Waals surface area contributed by atoms with E-state index < -0.39 is 23.3 Å². The first kappa shape index (κ1) is 33.1. The number of imidazole rings is 1. The first-order valence-electron chi connectivity index (χ1n) is 17.1.